The lowest BCUT2D eigenvalue weighted by Crippen LogP contribution is -2.38. The molecule has 2 bridgehead atoms. The second-order valence-electron chi connectivity index (χ2n) is 5.58. The van der Waals surface area contributed by atoms with Crippen LogP contribution in [-0.4, -0.2) is 33.9 Å². The summed E-state index contributed by atoms with van der Waals surface area (Å²) in [4.78, 5) is 22.3. The van der Waals surface area contributed by atoms with Crippen LogP contribution in [0.2, 0.25) is 0 Å². The van der Waals surface area contributed by atoms with Gasteiger partial charge in [0.15, 0.2) is 0 Å². The molecule has 2 aliphatic rings. The maximum atomic E-state index is 11.6. The number of hydrogen-bond acceptors (Lipinski definition) is 3. The van der Waals surface area contributed by atoms with Crippen molar-refractivity contribution >= 4 is 16.9 Å². The van der Waals surface area contributed by atoms with Crippen LogP contribution >= 0.6 is 0 Å². The second kappa shape index (κ2) is 3.76. The number of carbonyl (C=O) groups excluding carboxylic acids is 1. The summed E-state index contributed by atoms with van der Waals surface area (Å²) in [6.45, 7) is 3.37. The van der Waals surface area contributed by atoms with Crippen molar-refractivity contribution in [2.24, 2.45) is 0 Å². The Labute approximate surface area is 111 Å². The Balaban J connectivity index is 1.85. The first-order valence-electron chi connectivity index (χ1n) is 6.72. The average Bonchev–Trinajstić information content (AvgIpc) is 2.67. The number of amides is 1. The molecule has 0 unspecified atom stereocenters. The van der Waals surface area contributed by atoms with Crippen molar-refractivity contribution in [1.82, 2.24) is 14.9 Å². The SMILES string of the molecule is CC(=O)N1C[C@H]2C[C@@H](C1)c1cc3nccnc3cc12. The molecular weight excluding hydrogens is 238 g/mol. The molecule has 0 radical (unpaired) electrons. The summed E-state index contributed by atoms with van der Waals surface area (Å²) >= 11 is 0. The fourth-order valence-electron chi connectivity index (χ4n) is 3.56. The van der Waals surface area contributed by atoms with Gasteiger partial charge in [0, 0.05) is 44.2 Å². The highest BCUT2D eigenvalue weighted by Crippen LogP contribution is 2.46. The first-order chi connectivity index (χ1) is 9.22. The van der Waals surface area contributed by atoms with Gasteiger partial charge in [-0.15, -0.1) is 0 Å². The Bertz CT molecular complexity index is 632. The minimum Gasteiger partial charge on any atom is -0.342 e. The van der Waals surface area contributed by atoms with E-state index >= 15 is 0 Å². The van der Waals surface area contributed by atoms with Gasteiger partial charge in [-0.05, 0) is 29.7 Å². The van der Waals surface area contributed by atoms with E-state index in [2.05, 4.69) is 22.1 Å². The number of aromatic nitrogens is 2. The molecule has 2 atom stereocenters. The molecule has 96 valence electrons. The normalized spacial score (nSPS) is 24.6. The number of fused-ring (bicyclic) bond motifs is 6. The summed E-state index contributed by atoms with van der Waals surface area (Å²) in [6.07, 6.45) is 4.63. The fraction of sp³-hybridized carbons (Fsp3) is 0.400. The first kappa shape index (κ1) is 10.9. The van der Waals surface area contributed by atoms with Crippen LogP contribution in [0.4, 0.5) is 0 Å². The van der Waals surface area contributed by atoms with E-state index in [1.807, 2.05) is 4.90 Å². The second-order valence-corrected chi connectivity index (χ2v) is 5.58. The summed E-state index contributed by atoms with van der Waals surface area (Å²) in [5, 5.41) is 0. The highest BCUT2D eigenvalue weighted by Gasteiger charge is 2.38. The zero-order chi connectivity index (χ0) is 13.0. The van der Waals surface area contributed by atoms with Crippen LogP contribution in [0.1, 0.15) is 36.3 Å². The number of rotatable bonds is 0. The Morgan fingerprint density at radius 3 is 2.11 bits per heavy atom. The van der Waals surface area contributed by atoms with Gasteiger partial charge in [0.1, 0.15) is 0 Å². The van der Waals surface area contributed by atoms with Crippen molar-refractivity contribution < 1.29 is 4.79 Å². The van der Waals surface area contributed by atoms with Gasteiger partial charge in [-0.1, -0.05) is 0 Å². The standard InChI is InChI=1S/C15H15N3O/c1-9(19)18-7-10-4-11(8-18)13-6-15-14(5-12(10)13)16-2-3-17-15/h2-3,5-6,10-11H,4,7-8H2,1H3/t10-,11+. The molecule has 1 fully saturated rings. The van der Waals surface area contributed by atoms with Gasteiger partial charge in [-0.2, -0.15) is 0 Å². The molecule has 0 N–H and O–H groups in total. The highest BCUT2D eigenvalue weighted by atomic mass is 16.2. The third-order valence-corrected chi connectivity index (χ3v) is 4.45. The van der Waals surface area contributed by atoms with Crippen molar-refractivity contribution in [3.63, 3.8) is 0 Å². The van der Waals surface area contributed by atoms with Gasteiger partial charge in [0.25, 0.3) is 0 Å². The molecule has 4 heteroatoms. The number of piperidine rings is 1. The lowest BCUT2D eigenvalue weighted by molar-refractivity contribution is -0.130. The smallest absolute Gasteiger partial charge is 0.219 e. The predicted octanol–water partition coefficient (Wildman–Crippen LogP) is 2.06. The molecule has 19 heavy (non-hydrogen) atoms. The van der Waals surface area contributed by atoms with Crippen LogP contribution in [0.15, 0.2) is 24.5 Å². The predicted molar refractivity (Wildman–Crippen MR) is 71.9 cm³/mol. The van der Waals surface area contributed by atoms with Gasteiger partial charge in [-0.3, -0.25) is 14.8 Å². The Kier molecular flexibility index (Phi) is 2.16. The van der Waals surface area contributed by atoms with Gasteiger partial charge in [-0.25, -0.2) is 0 Å². The number of hydrogen-bond donors (Lipinski definition) is 0. The van der Waals surface area contributed by atoms with Gasteiger partial charge in [0.2, 0.25) is 5.91 Å². The summed E-state index contributed by atoms with van der Waals surface area (Å²) in [6, 6.07) is 4.35. The van der Waals surface area contributed by atoms with Crippen molar-refractivity contribution in [2.75, 3.05) is 13.1 Å². The molecule has 0 saturated carbocycles. The molecule has 2 aromatic rings. The summed E-state index contributed by atoms with van der Waals surface area (Å²) in [7, 11) is 0. The summed E-state index contributed by atoms with van der Waals surface area (Å²) in [5.74, 6) is 1.14. The maximum absolute atomic E-state index is 11.6. The third kappa shape index (κ3) is 1.56. The monoisotopic (exact) mass is 253 g/mol. The molecule has 1 aliphatic carbocycles. The van der Waals surface area contributed by atoms with E-state index in [4.69, 9.17) is 0 Å². The van der Waals surface area contributed by atoms with Gasteiger partial charge < -0.3 is 4.90 Å². The Morgan fingerprint density at radius 1 is 1.11 bits per heavy atom. The fourth-order valence-corrected chi connectivity index (χ4v) is 3.56. The van der Waals surface area contributed by atoms with Crippen LogP contribution < -0.4 is 0 Å². The zero-order valence-electron chi connectivity index (χ0n) is 10.8. The van der Waals surface area contributed by atoms with Crippen LogP contribution in [0, 0.1) is 0 Å². The van der Waals surface area contributed by atoms with E-state index < -0.39 is 0 Å². The molecule has 4 nitrogen and oxygen atoms in total. The van der Waals surface area contributed by atoms with Crippen molar-refractivity contribution in [3.05, 3.63) is 35.7 Å². The first-order valence-corrected chi connectivity index (χ1v) is 6.72. The largest absolute Gasteiger partial charge is 0.342 e. The number of likely N-dealkylation sites (tertiary alicyclic amines) is 1. The van der Waals surface area contributed by atoms with E-state index in [1.165, 1.54) is 11.1 Å². The van der Waals surface area contributed by atoms with Gasteiger partial charge >= 0.3 is 0 Å². The molecular formula is C15H15N3O. The molecule has 1 aromatic carbocycles. The molecule has 1 aliphatic heterocycles. The van der Waals surface area contributed by atoms with Crippen LogP contribution in [0.3, 0.4) is 0 Å². The van der Waals surface area contributed by atoms with E-state index in [0.717, 1.165) is 30.5 Å². The third-order valence-electron chi connectivity index (χ3n) is 4.45. The van der Waals surface area contributed by atoms with Crippen molar-refractivity contribution in [3.8, 4) is 0 Å². The molecule has 2 heterocycles. The van der Waals surface area contributed by atoms with E-state index in [-0.39, 0.29) is 5.91 Å². The molecule has 1 amide bonds. The lowest BCUT2D eigenvalue weighted by atomic mass is 9.96. The summed E-state index contributed by atoms with van der Waals surface area (Å²) < 4.78 is 0. The minimum absolute atomic E-state index is 0.184. The number of nitrogens with zero attached hydrogens (tertiary/aromatic N) is 3. The molecule has 1 aromatic heterocycles. The van der Waals surface area contributed by atoms with E-state index in [9.17, 15) is 4.79 Å². The van der Waals surface area contributed by atoms with Crippen LogP contribution in [0.5, 0.6) is 0 Å². The molecule has 0 spiro atoms. The lowest BCUT2D eigenvalue weighted by Gasteiger charge is -2.31. The van der Waals surface area contributed by atoms with E-state index in [1.54, 1.807) is 19.3 Å². The number of benzene rings is 1. The number of carbonyl (C=O) groups is 1. The van der Waals surface area contributed by atoms with Crippen LogP contribution in [0.25, 0.3) is 11.0 Å². The molecule has 1 saturated heterocycles. The quantitative estimate of drug-likeness (QED) is 0.722. The zero-order valence-corrected chi connectivity index (χ0v) is 10.8. The Morgan fingerprint density at radius 2 is 1.63 bits per heavy atom. The summed E-state index contributed by atoms with van der Waals surface area (Å²) in [5.41, 5.74) is 4.68. The highest BCUT2D eigenvalue weighted by molar-refractivity contribution is 5.78. The van der Waals surface area contributed by atoms with Crippen molar-refractivity contribution in [1.29, 1.82) is 0 Å². The average molecular weight is 253 g/mol. The Hall–Kier alpha value is -1.97. The van der Waals surface area contributed by atoms with Gasteiger partial charge in [0.05, 0.1) is 11.0 Å². The van der Waals surface area contributed by atoms with Crippen molar-refractivity contribution in [2.45, 2.75) is 25.2 Å². The molecule has 4 rings (SSSR count). The maximum Gasteiger partial charge on any atom is 0.219 e. The topological polar surface area (TPSA) is 46.1 Å². The van der Waals surface area contributed by atoms with Crippen LogP contribution in [-0.2, 0) is 4.79 Å². The minimum atomic E-state index is 0.184. The van der Waals surface area contributed by atoms with E-state index in [0.29, 0.717) is 11.8 Å².